The minimum atomic E-state index is -4.75. The van der Waals surface area contributed by atoms with Crippen molar-refractivity contribution in [3.63, 3.8) is 0 Å². The Hall–Kier alpha value is -2.17. The van der Waals surface area contributed by atoms with Crippen molar-refractivity contribution in [2.45, 2.75) is 64.4 Å². The largest absolute Gasteiger partial charge is 0.444 e. The Kier molecular flexibility index (Phi) is 5.54. The third-order valence-corrected chi connectivity index (χ3v) is 6.43. The number of rotatable bonds is 1. The zero-order valence-corrected chi connectivity index (χ0v) is 19.6. The number of aryl methyl sites for hydroxylation is 1. The van der Waals surface area contributed by atoms with Gasteiger partial charge in [-0.15, -0.1) is 0 Å². The van der Waals surface area contributed by atoms with Crippen LogP contribution in [0.2, 0.25) is 0 Å². The Balaban J connectivity index is 1.74. The zero-order chi connectivity index (χ0) is 23.6. The predicted molar refractivity (Wildman–Crippen MR) is 114 cm³/mol. The number of carbonyl (C=O) groups is 1. The number of halogens is 5. The van der Waals surface area contributed by atoms with Crippen molar-refractivity contribution in [2.24, 2.45) is 0 Å². The van der Waals surface area contributed by atoms with E-state index < -0.39 is 33.7 Å². The summed E-state index contributed by atoms with van der Waals surface area (Å²) in [6, 6.07) is 0.548. The van der Waals surface area contributed by atoms with Crippen LogP contribution in [0.1, 0.15) is 45.0 Å². The molecule has 32 heavy (non-hydrogen) atoms. The van der Waals surface area contributed by atoms with Gasteiger partial charge in [-0.05, 0) is 62.5 Å². The van der Waals surface area contributed by atoms with Gasteiger partial charge in [-0.25, -0.2) is 19.2 Å². The molecule has 2 bridgehead atoms. The van der Waals surface area contributed by atoms with Crippen LogP contribution in [0.3, 0.4) is 0 Å². The molecular weight excluding hydrogens is 496 g/mol. The molecule has 174 valence electrons. The summed E-state index contributed by atoms with van der Waals surface area (Å²) in [5, 5.41) is -0.00579. The van der Waals surface area contributed by atoms with Gasteiger partial charge in [0.2, 0.25) is 0 Å². The second-order valence-electron chi connectivity index (χ2n) is 9.22. The Morgan fingerprint density at radius 2 is 1.75 bits per heavy atom. The average molecular weight is 519 g/mol. The highest BCUT2D eigenvalue weighted by Crippen LogP contribution is 2.42. The SMILES string of the molecule is Cc1nc(N2C[C@H]3CC[C@@H](C2)N3C(=O)OC(C)(C)C)c2cc(C(F)(F)F)c(Br)c(F)c2n1. The van der Waals surface area contributed by atoms with Crippen LogP contribution >= 0.6 is 15.9 Å². The van der Waals surface area contributed by atoms with E-state index in [0.717, 1.165) is 18.9 Å². The summed E-state index contributed by atoms with van der Waals surface area (Å²) < 4.78 is 60.3. The standard InChI is InChI=1S/C21H23BrF4N4O2/c1-10-27-17-13(7-14(21(24,25)26)15(22)16(17)23)18(28-10)29-8-11-5-6-12(9-29)30(11)19(31)32-20(2,3)4/h7,11-12H,5-6,8-9H2,1-4H3/t11-,12+. The van der Waals surface area contributed by atoms with E-state index in [4.69, 9.17) is 4.74 Å². The number of amides is 1. The normalized spacial score (nSPS) is 21.4. The number of ether oxygens (including phenoxy) is 1. The monoisotopic (exact) mass is 518 g/mol. The molecule has 0 saturated carbocycles. The van der Waals surface area contributed by atoms with Crippen molar-refractivity contribution >= 4 is 38.7 Å². The number of carbonyl (C=O) groups excluding carboxylic acids is 1. The quantitative estimate of drug-likeness (QED) is 0.470. The minimum absolute atomic E-state index is 0.00579. The van der Waals surface area contributed by atoms with Crippen LogP contribution in [0.5, 0.6) is 0 Å². The molecule has 0 unspecified atom stereocenters. The number of alkyl halides is 3. The van der Waals surface area contributed by atoms with Gasteiger partial charge < -0.3 is 9.64 Å². The van der Waals surface area contributed by atoms with Crippen LogP contribution in [0.15, 0.2) is 10.5 Å². The highest BCUT2D eigenvalue weighted by molar-refractivity contribution is 9.10. The Morgan fingerprint density at radius 1 is 1.16 bits per heavy atom. The van der Waals surface area contributed by atoms with Gasteiger partial charge >= 0.3 is 12.3 Å². The summed E-state index contributed by atoms with van der Waals surface area (Å²) in [4.78, 5) is 24.7. The molecule has 2 fully saturated rings. The van der Waals surface area contributed by atoms with E-state index in [9.17, 15) is 22.4 Å². The van der Waals surface area contributed by atoms with E-state index in [2.05, 4.69) is 25.9 Å². The molecule has 2 aromatic rings. The molecule has 3 heterocycles. The lowest BCUT2D eigenvalue weighted by molar-refractivity contribution is -0.138. The summed E-state index contributed by atoms with van der Waals surface area (Å²) in [6.45, 7) is 7.68. The summed E-state index contributed by atoms with van der Waals surface area (Å²) >= 11 is 2.73. The molecule has 11 heteroatoms. The summed E-state index contributed by atoms with van der Waals surface area (Å²) in [6.07, 6.45) is -3.65. The Bertz CT molecular complexity index is 1070. The Morgan fingerprint density at radius 3 is 2.28 bits per heavy atom. The fraction of sp³-hybridized carbons (Fsp3) is 0.571. The molecule has 4 rings (SSSR count). The molecule has 0 N–H and O–H groups in total. The van der Waals surface area contributed by atoms with Crippen LogP contribution in [0.25, 0.3) is 10.9 Å². The van der Waals surface area contributed by atoms with Gasteiger partial charge in [0.25, 0.3) is 0 Å². The molecule has 0 spiro atoms. The fourth-order valence-electron chi connectivity index (χ4n) is 4.43. The third-order valence-electron chi connectivity index (χ3n) is 5.65. The van der Waals surface area contributed by atoms with E-state index in [-0.39, 0.29) is 34.6 Å². The number of nitrogens with zero attached hydrogens (tertiary/aromatic N) is 4. The third kappa shape index (κ3) is 4.11. The van der Waals surface area contributed by atoms with Crippen molar-refractivity contribution in [1.29, 1.82) is 0 Å². The summed E-state index contributed by atoms with van der Waals surface area (Å²) in [5.74, 6) is -0.581. The van der Waals surface area contributed by atoms with Gasteiger partial charge in [-0.1, -0.05) is 0 Å². The number of piperazine rings is 1. The lowest BCUT2D eigenvalue weighted by Gasteiger charge is -2.42. The van der Waals surface area contributed by atoms with Crippen LogP contribution in [0, 0.1) is 12.7 Å². The highest BCUT2D eigenvalue weighted by Gasteiger charge is 2.45. The minimum Gasteiger partial charge on any atom is -0.444 e. The topological polar surface area (TPSA) is 58.6 Å². The van der Waals surface area contributed by atoms with Crippen LogP contribution < -0.4 is 4.90 Å². The number of fused-ring (bicyclic) bond motifs is 3. The van der Waals surface area contributed by atoms with Crippen molar-refractivity contribution in [3.8, 4) is 0 Å². The van der Waals surface area contributed by atoms with E-state index in [1.807, 2.05) is 4.90 Å². The van der Waals surface area contributed by atoms with E-state index >= 15 is 0 Å². The lowest BCUT2D eigenvalue weighted by Crippen LogP contribution is -2.57. The smallest absolute Gasteiger partial charge is 0.417 e. The predicted octanol–water partition coefficient (Wildman–Crippen LogP) is 5.45. The Labute approximate surface area is 191 Å². The molecule has 2 saturated heterocycles. The van der Waals surface area contributed by atoms with Gasteiger partial charge in [0.05, 0.1) is 22.1 Å². The van der Waals surface area contributed by atoms with Gasteiger partial charge in [-0.2, -0.15) is 13.2 Å². The molecule has 1 amide bonds. The number of hydrogen-bond acceptors (Lipinski definition) is 5. The molecule has 2 aliphatic heterocycles. The molecule has 1 aromatic carbocycles. The molecular formula is C21H23BrF4N4O2. The average Bonchev–Trinajstić information content (AvgIpc) is 2.92. The van der Waals surface area contributed by atoms with Crippen molar-refractivity contribution in [2.75, 3.05) is 18.0 Å². The lowest BCUT2D eigenvalue weighted by atomic mass is 10.1. The first kappa shape index (κ1) is 23.0. The maximum atomic E-state index is 14.9. The van der Waals surface area contributed by atoms with Crippen LogP contribution in [0.4, 0.5) is 28.2 Å². The maximum Gasteiger partial charge on any atom is 0.417 e. The van der Waals surface area contributed by atoms with Gasteiger partial charge in [0.1, 0.15) is 22.8 Å². The molecule has 0 radical (unpaired) electrons. The molecule has 0 aliphatic carbocycles. The fourth-order valence-corrected chi connectivity index (χ4v) is 4.96. The number of aromatic nitrogens is 2. The first-order chi connectivity index (χ1) is 14.8. The first-order valence-electron chi connectivity index (χ1n) is 10.3. The van der Waals surface area contributed by atoms with Crippen LogP contribution in [-0.4, -0.2) is 51.7 Å². The van der Waals surface area contributed by atoms with E-state index in [1.165, 1.54) is 0 Å². The second-order valence-corrected chi connectivity index (χ2v) is 10.0. The molecule has 6 nitrogen and oxygen atoms in total. The second kappa shape index (κ2) is 7.71. The highest BCUT2D eigenvalue weighted by atomic mass is 79.9. The summed E-state index contributed by atoms with van der Waals surface area (Å²) in [7, 11) is 0. The van der Waals surface area contributed by atoms with Gasteiger partial charge in [0.15, 0.2) is 5.82 Å². The van der Waals surface area contributed by atoms with Crippen LogP contribution in [-0.2, 0) is 10.9 Å². The molecule has 1 aromatic heterocycles. The molecule has 2 aliphatic rings. The van der Waals surface area contributed by atoms with Crippen molar-refractivity contribution < 1.29 is 27.1 Å². The number of benzene rings is 1. The number of hydrogen-bond donors (Lipinski definition) is 0. The van der Waals surface area contributed by atoms with Crippen molar-refractivity contribution in [3.05, 3.63) is 27.7 Å². The van der Waals surface area contributed by atoms with E-state index in [0.29, 0.717) is 13.1 Å². The summed E-state index contributed by atoms with van der Waals surface area (Å²) in [5.41, 5.74) is -1.92. The van der Waals surface area contributed by atoms with Crippen molar-refractivity contribution in [1.82, 2.24) is 14.9 Å². The number of anilines is 1. The maximum absolute atomic E-state index is 14.9. The zero-order valence-electron chi connectivity index (χ0n) is 18.1. The first-order valence-corrected chi connectivity index (χ1v) is 11.1. The molecule has 2 atom stereocenters. The van der Waals surface area contributed by atoms with E-state index in [1.54, 1.807) is 32.6 Å². The van der Waals surface area contributed by atoms with Gasteiger partial charge in [-0.3, -0.25) is 4.90 Å². The van der Waals surface area contributed by atoms with Gasteiger partial charge in [0, 0.05) is 18.5 Å².